The summed E-state index contributed by atoms with van der Waals surface area (Å²) in [5.41, 5.74) is 9.16. The summed E-state index contributed by atoms with van der Waals surface area (Å²) in [5, 5.41) is 0. The van der Waals surface area contributed by atoms with E-state index in [0.717, 1.165) is 48.8 Å². The van der Waals surface area contributed by atoms with Crippen LogP contribution in [0.25, 0.3) is 0 Å². The average molecular weight is 323 g/mol. The van der Waals surface area contributed by atoms with Gasteiger partial charge in [0, 0.05) is 41.6 Å². The Labute approximate surface area is 122 Å². The quantitative estimate of drug-likeness (QED) is 0.928. The van der Waals surface area contributed by atoms with Gasteiger partial charge in [0.2, 0.25) is 0 Å². The first-order chi connectivity index (χ1) is 9.14. The lowest BCUT2D eigenvalue weighted by molar-refractivity contribution is 0.0471. The summed E-state index contributed by atoms with van der Waals surface area (Å²) in [5.74, 6) is 1.90. The van der Waals surface area contributed by atoms with Crippen molar-refractivity contribution >= 4 is 15.9 Å². The molecule has 0 aromatic heterocycles. The molecular weight excluding hydrogens is 304 g/mol. The number of rotatable bonds is 3. The number of ether oxygens (including phenoxy) is 1. The number of likely N-dealkylation sites (tertiary alicyclic amines) is 1. The number of hydrogen-bond acceptors (Lipinski definition) is 3. The molecule has 2 N–H and O–H groups in total. The standard InChI is InChI=1S/C15H19BrN2O/c16-13-5-10-3-4-19-14(10)11(6-13)7-18-8-15(17,9-18)12-1-2-12/h5-6,12H,1-4,7-9,17H2. The molecule has 4 rings (SSSR count). The highest BCUT2D eigenvalue weighted by molar-refractivity contribution is 9.10. The molecule has 3 aliphatic rings. The second-order valence-corrected chi connectivity index (χ2v) is 7.22. The van der Waals surface area contributed by atoms with Crippen LogP contribution >= 0.6 is 15.9 Å². The molecule has 2 heterocycles. The third kappa shape index (κ3) is 2.10. The maximum Gasteiger partial charge on any atom is 0.127 e. The lowest BCUT2D eigenvalue weighted by Crippen LogP contribution is -2.68. The number of benzene rings is 1. The van der Waals surface area contributed by atoms with Crippen LogP contribution in [0.15, 0.2) is 16.6 Å². The van der Waals surface area contributed by atoms with Crippen molar-refractivity contribution in [1.29, 1.82) is 0 Å². The number of nitrogens with zero attached hydrogens (tertiary/aromatic N) is 1. The van der Waals surface area contributed by atoms with Gasteiger partial charge in [-0.2, -0.15) is 0 Å². The molecule has 102 valence electrons. The Hall–Kier alpha value is -0.580. The van der Waals surface area contributed by atoms with Gasteiger partial charge < -0.3 is 10.5 Å². The summed E-state index contributed by atoms with van der Waals surface area (Å²) in [6.45, 7) is 3.87. The molecular formula is C15H19BrN2O. The molecule has 0 unspecified atom stereocenters. The topological polar surface area (TPSA) is 38.5 Å². The summed E-state index contributed by atoms with van der Waals surface area (Å²) in [6.07, 6.45) is 3.70. The van der Waals surface area contributed by atoms with E-state index in [4.69, 9.17) is 10.5 Å². The summed E-state index contributed by atoms with van der Waals surface area (Å²) < 4.78 is 6.95. The third-order valence-electron chi connectivity index (χ3n) is 4.65. The number of nitrogens with two attached hydrogens (primary N) is 1. The molecule has 0 atom stereocenters. The van der Waals surface area contributed by atoms with E-state index in [2.05, 4.69) is 33.0 Å². The Morgan fingerprint density at radius 3 is 2.89 bits per heavy atom. The molecule has 2 fully saturated rings. The Bertz CT molecular complexity index is 521. The van der Waals surface area contributed by atoms with Crippen LogP contribution in [0, 0.1) is 5.92 Å². The molecule has 4 heteroatoms. The van der Waals surface area contributed by atoms with Gasteiger partial charge in [0.1, 0.15) is 5.75 Å². The predicted molar refractivity (Wildman–Crippen MR) is 78.3 cm³/mol. The van der Waals surface area contributed by atoms with Crippen molar-refractivity contribution in [3.63, 3.8) is 0 Å². The van der Waals surface area contributed by atoms with E-state index in [9.17, 15) is 0 Å². The van der Waals surface area contributed by atoms with Gasteiger partial charge in [-0.05, 0) is 36.5 Å². The molecule has 1 aromatic rings. The van der Waals surface area contributed by atoms with Crippen LogP contribution in [0.3, 0.4) is 0 Å². The maximum absolute atomic E-state index is 6.41. The van der Waals surface area contributed by atoms with Crippen LogP contribution in [-0.4, -0.2) is 30.1 Å². The third-order valence-corrected chi connectivity index (χ3v) is 5.10. The molecule has 1 aromatic carbocycles. The largest absolute Gasteiger partial charge is 0.493 e. The fraction of sp³-hybridized carbons (Fsp3) is 0.600. The zero-order chi connectivity index (χ0) is 13.0. The lowest BCUT2D eigenvalue weighted by atomic mass is 9.85. The summed E-state index contributed by atoms with van der Waals surface area (Å²) in [4.78, 5) is 2.45. The van der Waals surface area contributed by atoms with Crippen molar-refractivity contribution in [3.05, 3.63) is 27.7 Å². The monoisotopic (exact) mass is 322 g/mol. The van der Waals surface area contributed by atoms with Gasteiger partial charge in [-0.1, -0.05) is 15.9 Å². The first-order valence-corrected chi connectivity index (χ1v) is 7.89. The van der Waals surface area contributed by atoms with Crippen molar-refractivity contribution < 1.29 is 4.74 Å². The van der Waals surface area contributed by atoms with E-state index in [1.165, 1.54) is 24.0 Å². The van der Waals surface area contributed by atoms with Gasteiger partial charge in [-0.25, -0.2) is 0 Å². The van der Waals surface area contributed by atoms with Crippen molar-refractivity contribution in [2.24, 2.45) is 11.7 Å². The summed E-state index contributed by atoms with van der Waals surface area (Å²) in [6, 6.07) is 4.37. The van der Waals surface area contributed by atoms with E-state index in [1.807, 2.05) is 0 Å². The number of halogens is 1. The minimum absolute atomic E-state index is 0.107. The molecule has 1 aliphatic carbocycles. The fourth-order valence-corrected chi connectivity index (χ4v) is 4.07. The van der Waals surface area contributed by atoms with Gasteiger partial charge in [0.05, 0.1) is 6.61 Å². The van der Waals surface area contributed by atoms with Crippen molar-refractivity contribution in [2.45, 2.75) is 31.3 Å². The highest BCUT2D eigenvalue weighted by Gasteiger charge is 2.50. The van der Waals surface area contributed by atoms with E-state index in [-0.39, 0.29) is 5.54 Å². The van der Waals surface area contributed by atoms with Gasteiger partial charge in [0.25, 0.3) is 0 Å². The Kier molecular flexibility index (Phi) is 2.70. The Morgan fingerprint density at radius 1 is 1.37 bits per heavy atom. The predicted octanol–water partition coefficient (Wildman–Crippen LogP) is 2.31. The molecule has 1 saturated heterocycles. The Balaban J connectivity index is 1.49. The SMILES string of the molecule is NC1(C2CC2)CN(Cc2cc(Br)cc3c2OCC3)C1. The highest BCUT2D eigenvalue weighted by atomic mass is 79.9. The number of hydrogen-bond donors (Lipinski definition) is 1. The van der Waals surface area contributed by atoms with Crippen molar-refractivity contribution in [3.8, 4) is 5.75 Å². The van der Waals surface area contributed by atoms with Gasteiger partial charge in [0.15, 0.2) is 0 Å². The maximum atomic E-state index is 6.41. The lowest BCUT2D eigenvalue weighted by Gasteiger charge is -2.48. The first-order valence-electron chi connectivity index (χ1n) is 7.09. The minimum atomic E-state index is 0.107. The molecule has 0 spiro atoms. The zero-order valence-corrected chi connectivity index (χ0v) is 12.6. The van der Waals surface area contributed by atoms with Gasteiger partial charge in [-0.3, -0.25) is 4.90 Å². The van der Waals surface area contributed by atoms with Gasteiger partial charge >= 0.3 is 0 Å². The van der Waals surface area contributed by atoms with E-state index in [1.54, 1.807) is 0 Å². The number of fused-ring (bicyclic) bond motifs is 1. The van der Waals surface area contributed by atoms with Crippen LogP contribution in [0.2, 0.25) is 0 Å². The first kappa shape index (κ1) is 12.2. The molecule has 0 amide bonds. The fourth-order valence-electron chi connectivity index (χ4n) is 3.52. The average Bonchev–Trinajstić information content (AvgIpc) is 3.07. The van der Waals surface area contributed by atoms with E-state index >= 15 is 0 Å². The van der Waals surface area contributed by atoms with E-state index in [0.29, 0.717) is 0 Å². The van der Waals surface area contributed by atoms with Crippen molar-refractivity contribution in [2.75, 3.05) is 19.7 Å². The zero-order valence-electron chi connectivity index (χ0n) is 11.0. The molecule has 0 radical (unpaired) electrons. The summed E-state index contributed by atoms with van der Waals surface area (Å²) >= 11 is 3.60. The van der Waals surface area contributed by atoms with Crippen LogP contribution in [0.4, 0.5) is 0 Å². The normalized spacial score (nSPS) is 24.7. The van der Waals surface area contributed by atoms with Crippen LogP contribution in [0.1, 0.15) is 24.0 Å². The minimum Gasteiger partial charge on any atom is -0.493 e. The second kappa shape index (κ2) is 4.21. The molecule has 19 heavy (non-hydrogen) atoms. The highest BCUT2D eigenvalue weighted by Crippen LogP contribution is 2.44. The van der Waals surface area contributed by atoms with Gasteiger partial charge in [-0.15, -0.1) is 0 Å². The summed E-state index contributed by atoms with van der Waals surface area (Å²) in [7, 11) is 0. The van der Waals surface area contributed by atoms with Crippen LogP contribution in [-0.2, 0) is 13.0 Å². The van der Waals surface area contributed by atoms with Crippen LogP contribution in [0.5, 0.6) is 5.75 Å². The molecule has 1 saturated carbocycles. The van der Waals surface area contributed by atoms with Crippen LogP contribution < -0.4 is 10.5 Å². The Morgan fingerprint density at radius 2 is 2.16 bits per heavy atom. The smallest absolute Gasteiger partial charge is 0.127 e. The second-order valence-electron chi connectivity index (χ2n) is 6.30. The van der Waals surface area contributed by atoms with Crippen molar-refractivity contribution in [1.82, 2.24) is 4.90 Å². The molecule has 0 bridgehead atoms. The van der Waals surface area contributed by atoms with E-state index < -0.39 is 0 Å². The molecule has 3 nitrogen and oxygen atoms in total. The molecule has 2 aliphatic heterocycles.